The number of Topliss-reactive ketones (excluding diaryl/α,β-unsaturated/α-hetero) is 1. The molecule has 4 aromatic rings. The van der Waals surface area contributed by atoms with Crippen molar-refractivity contribution in [1.82, 2.24) is 9.97 Å². The number of carbonyl (C=O) groups is 1. The van der Waals surface area contributed by atoms with Gasteiger partial charge in [-0.15, -0.1) is 0 Å². The van der Waals surface area contributed by atoms with E-state index in [2.05, 4.69) is 29.0 Å². The fourth-order valence-electron chi connectivity index (χ4n) is 4.76. The molecule has 3 aromatic carbocycles. The maximum Gasteiger partial charge on any atom is 0.188 e. The molecule has 5 nitrogen and oxygen atoms in total. The SMILES string of the molecule is CCc1ccc(OCc2c(O[C@@](C)(c3ccccc3)c3ncc[nH]3)ccc3c2CCCC3=O)cc1. The zero-order valence-electron chi connectivity index (χ0n) is 20.2. The third-order valence-electron chi connectivity index (χ3n) is 6.82. The highest BCUT2D eigenvalue weighted by molar-refractivity contribution is 5.99. The Bertz CT molecular complexity index is 1300. The molecular formula is C30H30N2O3. The van der Waals surface area contributed by atoms with E-state index in [1.54, 1.807) is 12.4 Å². The number of benzene rings is 3. The van der Waals surface area contributed by atoms with Gasteiger partial charge >= 0.3 is 0 Å². The Morgan fingerprint density at radius 1 is 1.00 bits per heavy atom. The molecule has 0 saturated heterocycles. The molecule has 1 aromatic heterocycles. The van der Waals surface area contributed by atoms with Crippen LogP contribution in [-0.4, -0.2) is 15.8 Å². The smallest absolute Gasteiger partial charge is 0.188 e. The number of hydrogen-bond donors (Lipinski definition) is 1. The molecule has 35 heavy (non-hydrogen) atoms. The number of H-pyrrole nitrogens is 1. The quantitative estimate of drug-likeness (QED) is 0.326. The molecule has 0 spiro atoms. The van der Waals surface area contributed by atoms with Crippen molar-refractivity contribution in [3.05, 3.63) is 113 Å². The van der Waals surface area contributed by atoms with Gasteiger partial charge in [0.25, 0.3) is 0 Å². The number of aromatic amines is 1. The summed E-state index contributed by atoms with van der Waals surface area (Å²) in [5.41, 5.74) is 4.12. The highest BCUT2D eigenvalue weighted by Crippen LogP contribution is 2.38. The molecule has 0 unspecified atom stereocenters. The first-order valence-electron chi connectivity index (χ1n) is 12.2. The Hall–Kier alpha value is -3.86. The Labute approximate surface area is 206 Å². The van der Waals surface area contributed by atoms with Gasteiger partial charge in [0, 0.05) is 35.5 Å². The molecule has 1 N–H and O–H groups in total. The van der Waals surface area contributed by atoms with Crippen LogP contribution in [0.3, 0.4) is 0 Å². The summed E-state index contributed by atoms with van der Waals surface area (Å²) in [5.74, 6) is 2.39. The number of aryl methyl sites for hydroxylation is 1. The monoisotopic (exact) mass is 466 g/mol. The van der Waals surface area contributed by atoms with E-state index in [1.165, 1.54) is 5.56 Å². The van der Waals surface area contributed by atoms with Gasteiger partial charge in [-0.2, -0.15) is 0 Å². The van der Waals surface area contributed by atoms with Crippen LogP contribution in [0.25, 0.3) is 0 Å². The largest absolute Gasteiger partial charge is 0.489 e. The number of rotatable bonds is 8. The van der Waals surface area contributed by atoms with Crippen LogP contribution in [0.2, 0.25) is 0 Å². The summed E-state index contributed by atoms with van der Waals surface area (Å²) in [6.45, 7) is 4.47. The first-order valence-corrected chi connectivity index (χ1v) is 12.2. The second kappa shape index (κ2) is 9.79. The number of fused-ring (bicyclic) bond motifs is 1. The van der Waals surface area contributed by atoms with E-state index in [4.69, 9.17) is 9.47 Å². The summed E-state index contributed by atoms with van der Waals surface area (Å²) in [4.78, 5) is 20.5. The van der Waals surface area contributed by atoms with Gasteiger partial charge in [0.15, 0.2) is 17.2 Å². The Morgan fingerprint density at radius 3 is 2.51 bits per heavy atom. The summed E-state index contributed by atoms with van der Waals surface area (Å²) in [7, 11) is 0. The lowest BCUT2D eigenvalue weighted by Crippen LogP contribution is -2.33. The van der Waals surface area contributed by atoms with Gasteiger partial charge in [0.05, 0.1) is 0 Å². The van der Waals surface area contributed by atoms with Crippen molar-refractivity contribution < 1.29 is 14.3 Å². The fourth-order valence-corrected chi connectivity index (χ4v) is 4.76. The van der Waals surface area contributed by atoms with Crippen LogP contribution in [0.4, 0.5) is 0 Å². The van der Waals surface area contributed by atoms with Crippen molar-refractivity contribution in [2.45, 2.75) is 51.7 Å². The third-order valence-corrected chi connectivity index (χ3v) is 6.82. The molecule has 1 atom stereocenters. The second-order valence-electron chi connectivity index (χ2n) is 9.07. The predicted octanol–water partition coefficient (Wildman–Crippen LogP) is 6.41. The first-order chi connectivity index (χ1) is 17.1. The van der Waals surface area contributed by atoms with Crippen LogP contribution in [0.1, 0.15) is 65.1 Å². The van der Waals surface area contributed by atoms with E-state index in [-0.39, 0.29) is 5.78 Å². The van der Waals surface area contributed by atoms with Gasteiger partial charge in [0.1, 0.15) is 18.1 Å². The van der Waals surface area contributed by atoms with Gasteiger partial charge in [-0.1, -0.05) is 49.4 Å². The van der Waals surface area contributed by atoms with Crippen LogP contribution >= 0.6 is 0 Å². The minimum absolute atomic E-state index is 0.184. The zero-order valence-corrected chi connectivity index (χ0v) is 20.2. The van der Waals surface area contributed by atoms with Crippen LogP contribution in [0.5, 0.6) is 11.5 Å². The zero-order chi connectivity index (χ0) is 24.3. The van der Waals surface area contributed by atoms with Crippen LogP contribution in [-0.2, 0) is 25.0 Å². The minimum atomic E-state index is -0.852. The molecule has 1 heterocycles. The molecule has 0 saturated carbocycles. The molecule has 5 rings (SSSR count). The summed E-state index contributed by atoms with van der Waals surface area (Å²) < 4.78 is 13.0. The van der Waals surface area contributed by atoms with E-state index in [0.29, 0.717) is 24.6 Å². The molecule has 1 aliphatic carbocycles. The maximum absolute atomic E-state index is 12.7. The van der Waals surface area contributed by atoms with E-state index in [9.17, 15) is 4.79 Å². The standard InChI is InChI=1S/C30H30N2O3/c1-3-21-12-14-23(15-13-21)34-20-26-24-10-7-11-27(33)25(24)16-17-28(26)35-30(2,29-31-18-19-32-29)22-8-5-4-6-9-22/h4-6,8-9,12-19H,3,7,10-11,20H2,1-2H3,(H,31,32)/t30-/m0/s1. The summed E-state index contributed by atoms with van der Waals surface area (Å²) in [5, 5.41) is 0. The van der Waals surface area contributed by atoms with E-state index >= 15 is 0 Å². The number of imidazole rings is 1. The number of ketones is 1. The van der Waals surface area contributed by atoms with E-state index in [0.717, 1.165) is 47.3 Å². The lowest BCUT2D eigenvalue weighted by molar-refractivity contribution is 0.0970. The summed E-state index contributed by atoms with van der Waals surface area (Å²) >= 11 is 0. The van der Waals surface area contributed by atoms with Gasteiger partial charge in [-0.05, 0) is 61.6 Å². The lowest BCUT2D eigenvalue weighted by Gasteiger charge is -2.32. The van der Waals surface area contributed by atoms with Crippen molar-refractivity contribution >= 4 is 5.78 Å². The van der Waals surface area contributed by atoms with Crippen molar-refractivity contribution in [1.29, 1.82) is 0 Å². The normalized spacial score (nSPS) is 14.7. The summed E-state index contributed by atoms with van der Waals surface area (Å²) in [6, 6.07) is 22.0. The Morgan fingerprint density at radius 2 is 1.80 bits per heavy atom. The molecular weight excluding hydrogens is 436 g/mol. The Kier molecular flexibility index (Phi) is 6.41. The fraction of sp³-hybridized carbons (Fsp3) is 0.267. The number of aromatic nitrogens is 2. The Balaban J connectivity index is 1.55. The molecule has 0 radical (unpaired) electrons. The van der Waals surface area contributed by atoms with Crippen LogP contribution in [0, 0.1) is 0 Å². The van der Waals surface area contributed by atoms with Gasteiger partial charge < -0.3 is 14.5 Å². The maximum atomic E-state index is 12.7. The highest BCUT2D eigenvalue weighted by Gasteiger charge is 2.35. The van der Waals surface area contributed by atoms with Crippen molar-refractivity contribution in [3.8, 4) is 11.5 Å². The van der Waals surface area contributed by atoms with Crippen LogP contribution < -0.4 is 9.47 Å². The molecule has 0 fully saturated rings. The lowest BCUT2D eigenvalue weighted by atomic mass is 9.86. The molecule has 0 bridgehead atoms. The average molecular weight is 467 g/mol. The van der Waals surface area contributed by atoms with Crippen molar-refractivity contribution in [3.63, 3.8) is 0 Å². The van der Waals surface area contributed by atoms with Gasteiger partial charge in [0.2, 0.25) is 0 Å². The van der Waals surface area contributed by atoms with E-state index in [1.807, 2.05) is 61.5 Å². The highest BCUT2D eigenvalue weighted by atomic mass is 16.5. The molecule has 0 aliphatic heterocycles. The average Bonchev–Trinajstić information content (AvgIpc) is 3.45. The molecule has 1 aliphatic rings. The first kappa shape index (κ1) is 22.9. The van der Waals surface area contributed by atoms with Gasteiger partial charge in [-0.3, -0.25) is 4.79 Å². The molecule has 0 amide bonds. The third kappa shape index (κ3) is 4.59. The molecule has 5 heteroatoms. The number of nitrogens with one attached hydrogen (secondary N) is 1. The minimum Gasteiger partial charge on any atom is -0.489 e. The van der Waals surface area contributed by atoms with E-state index < -0.39 is 5.60 Å². The van der Waals surface area contributed by atoms with Crippen molar-refractivity contribution in [2.75, 3.05) is 0 Å². The predicted molar refractivity (Wildman–Crippen MR) is 136 cm³/mol. The number of ether oxygens (including phenoxy) is 2. The van der Waals surface area contributed by atoms with Crippen LogP contribution in [0.15, 0.2) is 79.1 Å². The topological polar surface area (TPSA) is 64.2 Å². The summed E-state index contributed by atoms with van der Waals surface area (Å²) in [6.07, 6.45) is 6.76. The van der Waals surface area contributed by atoms with Gasteiger partial charge in [-0.25, -0.2) is 4.98 Å². The number of carbonyl (C=O) groups excluding carboxylic acids is 1. The number of hydrogen-bond acceptors (Lipinski definition) is 4. The van der Waals surface area contributed by atoms with Crippen molar-refractivity contribution in [2.24, 2.45) is 0 Å². The number of nitrogens with zero attached hydrogens (tertiary/aromatic N) is 1. The second-order valence-corrected chi connectivity index (χ2v) is 9.07. The molecule has 178 valence electrons.